The average Bonchev–Trinajstić information content (AvgIpc) is 3.10. The van der Waals surface area contributed by atoms with E-state index in [-0.39, 0.29) is 0 Å². The van der Waals surface area contributed by atoms with Crippen LogP contribution in [-0.2, 0) is 10.0 Å². The summed E-state index contributed by atoms with van der Waals surface area (Å²) in [7, 11) is -3.00. The Morgan fingerprint density at radius 2 is 1.94 bits per heavy atom. The maximum Gasteiger partial charge on any atom is 0.214 e. The second-order valence-electron chi connectivity index (χ2n) is 5.15. The van der Waals surface area contributed by atoms with Gasteiger partial charge in [-0.3, -0.25) is 0 Å². The third-order valence-electron chi connectivity index (χ3n) is 3.69. The molecule has 4 nitrogen and oxygen atoms in total. The lowest BCUT2D eigenvalue weighted by Gasteiger charge is -2.31. The number of nitrogens with zero attached hydrogens (tertiary/aromatic N) is 1. The van der Waals surface area contributed by atoms with E-state index in [1.54, 1.807) is 4.31 Å². The summed E-state index contributed by atoms with van der Waals surface area (Å²) >= 11 is 0. The number of nitrogens with two attached hydrogens (primary N) is 1. The zero-order valence-corrected chi connectivity index (χ0v) is 10.6. The summed E-state index contributed by atoms with van der Waals surface area (Å²) in [6, 6.07) is 0. The van der Waals surface area contributed by atoms with Crippen molar-refractivity contribution in [2.75, 3.05) is 25.4 Å². The van der Waals surface area contributed by atoms with E-state index < -0.39 is 10.0 Å². The molecule has 0 aromatic heterocycles. The molecule has 0 spiro atoms. The van der Waals surface area contributed by atoms with Gasteiger partial charge < -0.3 is 5.73 Å². The lowest BCUT2D eigenvalue weighted by atomic mass is 10.0. The number of sulfonamides is 1. The molecule has 0 aromatic rings. The molecule has 1 aliphatic heterocycles. The SMILES string of the molecule is NCC1CCCN(S(=O)(=O)CCC2CC2)C1. The van der Waals surface area contributed by atoms with Gasteiger partial charge in [0.2, 0.25) is 10.0 Å². The van der Waals surface area contributed by atoms with Crippen LogP contribution < -0.4 is 5.73 Å². The van der Waals surface area contributed by atoms with Gasteiger partial charge in [-0.2, -0.15) is 0 Å². The molecular formula is C11H22N2O2S. The summed E-state index contributed by atoms with van der Waals surface area (Å²) in [5, 5.41) is 0. The summed E-state index contributed by atoms with van der Waals surface area (Å²) in [5.74, 6) is 1.39. The first-order valence-electron chi connectivity index (χ1n) is 6.29. The van der Waals surface area contributed by atoms with Gasteiger partial charge in [0.25, 0.3) is 0 Å². The van der Waals surface area contributed by atoms with E-state index in [1.807, 2.05) is 0 Å². The summed E-state index contributed by atoms with van der Waals surface area (Å²) in [6.45, 7) is 1.95. The van der Waals surface area contributed by atoms with Crippen molar-refractivity contribution < 1.29 is 8.42 Å². The molecule has 0 bridgehead atoms. The standard InChI is InChI=1S/C11H22N2O2S/c12-8-11-2-1-6-13(9-11)16(14,15)7-5-10-3-4-10/h10-11H,1-9,12H2. The van der Waals surface area contributed by atoms with Crippen LogP contribution in [0.4, 0.5) is 0 Å². The molecule has 0 amide bonds. The third-order valence-corrected chi connectivity index (χ3v) is 5.56. The summed E-state index contributed by atoms with van der Waals surface area (Å²) < 4.78 is 25.8. The maximum atomic E-state index is 12.1. The summed E-state index contributed by atoms with van der Waals surface area (Å²) in [6.07, 6.45) is 5.34. The van der Waals surface area contributed by atoms with E-state index in [4.69, 9.17) is 5.73 Å². The monoisotopic (exact) mass is 246 g/mol. The average molecular weight is 246 g/mol. The first-order chi connectivity index (χ1) is 7.62. The zero-order chi connectivity index (χ0) is 11.6. The van der Waals surface area contributed by atoms with Crippen LogP contribution in [0.1, 0.15) is 32.1 Å². The van der Waals surface area contributed by atoms with Gasteiger partial charge in [0, 0.05) is 13.1 Å². The van der Waals surface area contributed by atoms with Gasteiger partial charge in [-0.1, -0.05) is 12.8 Å². The van der Waals surface area contributed by atoms with Crippen molar-refractivity contribution in [1.29, 1.82) is 0 Å². The van der Waals surface area contributed by atoms with Crippen molar-refractivity contribution in [3.05, 3.63) is 0 Å². The molecule has 0 aromatic carbocycles. The Bertz CT molecular complexity index is 325. The predicted octanol–water partition coefficient (Wildman–Crippen LogP) is 0.787. The van der Waals surface area contributed by atoms with Crippen molar-refractivity contribution in [2.45, 2.75) is 32.1 Å². The number of hydrogen-bond donors (Lipinski definition) is 1. The second-order valence-corrected chi connectivity index (χ2v) is 7.24. The third kappa shape index (κ3) is 3.18. The van der Waals surface area contributed by atoms with Gasteiger partial charge in [-0.15, -0.1) is 0 Å². The van der Waals surface area contributed by atoms with Gasteiger partial charge in [0.1, 0.15) is 0 Å². The second kappa shape index (κ2) is 5.02. The fraction of sp³-hybridized carbons (Fsp3) is 1.00. The Hall–Kier alpha value is -0.130. The Kier molecular flexibility index (Phi) is 3.87. The van der Waals surface area contributed by atoms with Gasteiger partial charge in [-0.25, -0.2) is 12.7 Å². The highest BCUT2D eigenvalue weighted by atomic mass is 32.2. The number of hydrogen-bond acceptors (Lipinski definition) is 3. The molecule has 94 valence electrons. The molecule has 2 aliphatic rings. The molecule has 16 heavy (non-hydrogen) atoms. The van der Waals surface area contributed by atoms with Crippen molar-refractivity contribution in [3.63, 3.8) is 0 Å². The molecule has 0 radical (unpaired) electrons. The smallest absolute Gasteiger partial charge is 0.214 e. The minimum atomic E-state index is -3.00. The highest BCUT2D eigenvalue weighted by Gasteiger charge is 2.30. The fourth-order valence-corrected chi connectivity index (χ4v) is 4.06. The zero-order valence-electron chi connectivity index (χ0n) is 9.77. The molecule has 2 rings (SSSR count). The maximum absolute atomic E-state index is 12.1. The van der Waals surface area contributed by atoms with Gasteiger partial charge in [0.15, 0.2) is 0 Å². The lowest BCUT2D eigenvalue weighted by Crippen LogP contribution is -2.43. The van der Waals surface area contributed by atoms with E-state index >= 15 is 0 Å². The fourth-order valence-electron chi connectivity index (χ4n) is 2.32. The predicted molar refractivity (Wildman–Crippen MR) is 64.5 cm³/mol. The molecule has 1 unspecified atom stereocenters. The normalized spacial score (nSPS) is 28.2. The van der Waals surface area contributed by atoms with Gasteiger partial charge in [0.05, 0.1) is 5.75 Å². The largest absolute Gasteiger partial charge is 0.330 e. The van der Waals surface area contributed by atoms with Gasteiger partial charge >= 0.3 is 0 Å². The van der Waals surface area contributed by atoms with E-state index in [1.165, 1.54) is 12.8 Å². The molecule has 1 heterocycles. The van der Waals surface area contributed by atoms with Crippen LogP contribution in [0.5, 0.6) is 0 Å². The summed E-state index contributed by atoms with van der Waals surface area (Å²) in [4.78, 5) is 0. The Labute approximate surface area is 98.2 Å². The van der Waals surface area contributed by atoms with Crippen molar-refractivity contribution >= 4 is 10.0 Å². The van der Waals surface area contributed by atoms with Crippen molar-refractivity contribution in [1.82, 2.24) is 4.31 Å². The van der Waals surface area contributed by atoms with Crippen molar-refractivity contribution in [2.24, 2.45) is 17.6 Å². The highest BCUT2D eigenvalue weighted by Crippen LogP contribution is 2.33. The molecule has 1 atom stereocenters. The molecular weight excluding hydrogens is 224 g/mol. The summed E-state index contributed by atoms with van der Waals surface area (Å²) in [5.41, 5.74) is 5.62. The van der Waals surface area contributed by atoms with Crippen LogP contribution in [0.3, 0.4) is 0 Å². The van der Waals surface area contributed by atoms with E-state index in [2.05, 4.69) is 0 Å². The molecule has 1 aliphatic carbocycles. The molecule has 1 saturated carbocycles. The molecule has 2 N–H and O–H groups in total. The Morgan fingerprint density at radius 1 is 1.19 bits per heavy atom. The molecule has 1 saturated heterocycles. The minimum Gasteiger partial charge on any atom is -0.330 e. The van der Waals surface area contributed by atoms with Crippen LogP contribution in [0.25, 0.3) is 0 Å². The van der Waals surface area contributed by atoms with Crippen LogP contribution in [0.2, 0.25) is 0 Å². The Morgan fingerprint density at radius 3 is 2.56 bits per heavy atom. The van der Waals surface area contributed by atoms with Gasteiger partial charge in [-0.05, 0) is 37.6 Å². The molecule has 5 heteroatoms. The first kappa shape index (κ1) is 12.3. The van der Waals surface area contributed by atoms with Crippen LogP contribution in [0.15, 0.2) is 0 Å². The van der Waals surface area contributed by atoms with Crippen LogP contribution in [-0.4, -0.2) is 38.1 Å². The number of piperidine rings is 1. The first-order valence-corrected chi connectivity index (χ1v) is 7.90. The quantitative estimate of drug-likeness (QED) is 0.780. The van der Waals surface area contributed by atoms with Crippen LogP contribution >= 0.6 is 0 Å². The number of rotatable bonds is 5. The van der Waals surface area contributed by atoms with E-state index in [0.29, 0.717) is 37.2 Å². The minimum absolute atomic E-state index is 0.342. The molecule has 2 fully saturated rings. The van der Waals surface area contributed by atoms with Crippen molar-refractivity contribution in [3.8, 4) is 0 Å². The highest BCUT2D eigenvalue weighted by molar-refractivity contribution is 7.89. The van der Waals surface area contributed by atoms with E-state index in [9.17, 15) is 8.42 Å². The lowest BCUT2D eigenvalue weighted by molar-refractivity contribution is 0.271. The van der Waals surface area contributed by atoms with Crippen LogP contribution in [0, 0.1) is 11.8 Å². The van der Waals surface area contributed by atoms with E-state index in [0.717, 1.165) is 19.3 Å². The Balaban J connectivity index is 1.87. The topological polar surface area (TPSA) is 63.4 Å².